The Bertz CT molecular complexity index is 976. The van der Waals surface area contributed by atoms with Crippen LogP contribution in [0.25, 0.3) is 22.2 Å². The van der Waals surface area contributed by atoms with E-state index in [0.717, 1.165) is 23.9 Å². The van der Waals surface area contributed by atoms with Crippen LogP contribution in [0.1, 0.15) is 16.8 Å². The molecular weight excluding hydrogens is 296 g/mol. The summed E-state index contributed by atoms with van der Waals surface area (Å²) in [4.78, 5) is 4.55. The molecular formula is C20H20N4. The second-order valence-electron chi connectivity index (χ2n) is 6.26. The van der Waals surface area contributed by atoms with E-state index in [9.17, 15) is 0 Å². The van der Waals surface area contributed by atoms with Crippen molar-refractivity contribution < 1.29 is 0 Å². The second kappa shape index (κ2) is 5.96. The van der Waals surface area contributed by atoms with Crippen molar-refractivity contribution in [3.8, 4) is 11.1 Å². The van der Waals surface area contributed by atoms with Crippen LogP contribution in [0.5, 0.6) is 0 Å². The fraction of sp³-hybridized carbons (Fsp3) is 0.200. The van der Waals surface area contributed by atoms with E-state index < -0.39 is 0 Å². The Hall–Kier alpha value is -2.88. The zero-order chi connectivity index (χ0) is 16.5. The molecule has 0 spiro atoms. The van der Waals surface area contributed by atoms with Crippen LogP contribution < -0.4 is 0 Å². The zero-order valence-corrected chi connectivity index (χ0v) is 14.0. The van der Waals surface area contributed by atoms with Crippen LogP contribution in [0.3, 0.4) is 0 Å². The number of aromatic nitrogens is 4. The van der Waals surface area contributed by atoms with Crippen LogP contribution >= 0.6 is 0 Å². The topological polar surface area (TPSA) is 46.5 Å². The van der Waals surface area contributed by atoms with Crippen molar-refractivity contribution in [1.82, 2.24) is 19.7 Å². The fourth-order valence-electron chi connectivity index (χ4n) is 3.14. The van der Waals surface area contributed by atoms with E-state index >= 15 is 0 Å². The zero-order valence-electron chi connectivity index (χ0n) is 14.0. The highest BCUT2D eigenvalue weighted by atomic mass is 15.1. The number of fused-ring (bicyclic) bond motifs is 1. The van der Waals surface area contributed by atoms with Crippen molar-refractivity contribution in [3.05, 3.63) is 71.8 Å². The van der Waals surface area contributed by atoms with Gasteiger partial charge in [-0.25, -0.2) is 4.98 Å². The predicted octanol–water partition coefficient (Wildman–Crippen LogP) is 4.06. The summed E-state index contributed by atoms with van der Waals surface area (Å²) in [5, 5.41) is 7.16. The van der Waals surface area contributed by atoms with E-state index in [-0.39, 0.29) is 0 Å². The number of hydrogen-bond donors (Lipinski definition) is 1. The van der Waals surface area contributed by atoms with Gasteiger partial charge in [-0.3, -0.25) is 5.10 Å². The van der Waals surface area contributed by atoms with E-state index in [2.05, 4.69) is 69.1 Å². The van der Waals surface area contributed by atoms with Gasteiger partial charge >= 0.3 is 0 Å². The monoisotopic (exact) mass is 316 g/mol. The number of H-pyrrole nitrogens is 1. The maximum absolute atomic E-state index is 4.55. The highest BCUT2D eigenvalue weighted by Crippen LogP contribution is 2.27. The quantitative estimate of drug-likeness (QED) is 0.617. The molecule has 0 aliphatic heterocycles. The Labute approximate surface area is 141 Å². The van der Waals surface area contributed by atoms with Gasteiger partial charge in [0.05, 0.1) is 23.6 Å². The van der Waals surface area contributed by atoms with Crippen LogP contribution in [0, 0.1) is 6.92 Å². The molecule has 4 nitrogen and oxygen atoms in total. The molecule has 4 rings (SSSR count). The van der Waals surface area contributed by atoms with Crippen molar-refractivity contribution in [2.24, 2.45) is 7.05 Å². The summed E-state index contributed by atoms with van der Waals surface area (Å²) in [6.45, 7) is 2.09. The van der Waals surface area contributed by atoms with Crippen molar-refractivity contribution in [1.29, 1.82) is 0 Å². The number of benzene rings is 2. The first kappa shape index (κ1) is 14.7. The maximum Gasteiger partial charge on any atom is 0.0962 e. The molecule has 0 saturated heterocycles. The second-order valence-corrected chi connectivity index (χ2v) is 6.26. The summed E-state index contributed by atoms with van der Waals surface area (Å²) in [6, 6.07) is 15.1. The summed E-state index contributed by atoms with van der Waals surface area (Å²) < 4.78 is 2.06. The summed E-state index contributed by atoms with van der Waals surface area (Å²) in [5.74, 6) is 0. The first-order valence-corrected chi connectivity index (χ1v) is 8.20. The summed E-state index contributed by atoms with van der Waals surface area (Å²) >= 11 is 0. The van der Waals surface area contributed by atoms with E-state index in [1.807, 2.05) is 19.6 Å². The number of rotatable bonds is 4. The Kier molecular flexibility index (Phi) is 3.65. The van der Waals surface area contributed by atoms with Gasteiger partial charge in [0.1, 0.15) is 0 Å². The molecule has 0 amide bonds. The lowest BCUT2D eigenvalue weighted by atomic mass is 10.0. The van der Waals surface area contributed by atoms with Gasteiger partial charge in [0.25, 0.3) is 0 Å². The molecule has 4 heteroatoms. The van der Waals surface area contributed by atoms with Crippen molar-refractivity contribution in [2.75, 3.05) is 0 Å². The van der Waals surface area contributed by atoms with Crippen LogP contribution in [0.15, 0.2) is 55.0 Å². The average molecular weight is 316 g/mol. The number of hydrogen-bond acceptors (Lipinski definition) is 2. The average Bonchev–Trinajstić information content (AvgIpc) is 3.19. The van der Waals surface area contributed by atoms with Gasteiger partial charge in [-0.2, -0.15) is 5.10 Å². The lowest BCUT2D eigenvalue weighted by molar-refractivity contribution is 0.887. The number of aromatic amines is 1. The first-order chi connectivity index (χ1) is 11.7. The Morgan fingerprint density at radius 2 is 1.88 bits per heavy atom. The molecule has 24 heavy (non-hydrogen) atoms. The summed E-state index contributed by atoms with van der Waals surface area (Å²) in [6.07, 6.45) is 5.75. The van der Waals surface area contributed by atoms with Gasteiger partial charge in [0, 0.05) is 18.3 Å². The Morgan fingerprint density at radius 3 is 2.62 bits per heavy atom. The minimum atomic E-state index is 0.987. The smallest absolute Gasteiger partial charge is 0.0962 e. The predicted molar refractivity (Wildman–Crippen MR) is 96.9 cm³/mol. The Morgan fingerprint density at radius 1 is 1.04 bits per heavy atom. The number of nitrogens with one attached hydrogen (secondary N) is 1. The van der Waals surface area contributed by atoms with Crippen LogP contribution in [0.4, 0.5) is 0 Å². The SMILES string of the molecule is Cc1cn[nH]c1CCc1ccc(-c2cccc3c2ncn3C)cc1. The highest BCUT2D eigenvalue weighted by molar-refractivity contribution is 5.92. The van der Waals surface area contributed by atoms with Crippen LogP contribution in [-0.2, 0) is 19.9 Å². The molecule has 2 heterocycles. The molecule has 0 unspecified atom stereocenters. The molecule has 0 radical (unpaired) electrons. The number of aryl methyl sites for hydroxylation is 4. The maximum atomic E-state index is 4.55. The molecule has 4 aromatic rings. The lowest BCUT2D eigenvalue weighted by Crippen LogP contribution is -1.94. The number of nitrogens with zero attached hydrogens (tertiary/aromatic N) is 3. The van der Waals surface area contributed by atoms with Crippen LogP contribution in [0.2, 0.25) is 0 Å². The van der Waals surface area contributed by atoms with Gasteiger partial charge in [0.2, 0.25) is 0 Å². The third kappa shape index (κ3) is 2.60. The summed E-state index contributed by atoms with van der Waals surface area (Å²) in [7, 11) is 2.03. The van der Waals surface area contributed by atoms with E-state index in [1.54, 1.807) is 0 Å². The highest BCUT2D eigenvalue weighted by Gasteiger charge is 2.08. The lowest BCUT2D eigenvalue weighted by Gasteiger charge is -2.06. The molecule has 0 atom stereocenters. The molecule has 1 N–H and O–H groups in total. The Balaban J connectivity index is 1.58. The van der Waals surface area contributed by atoms with Gasteiger partial charge in [0.15, 0.2) is 0 Å². The number of imidazole rings is 1. The van der Waals surface area contributed by atoms with E-state index in [0.29, 0.717) is 0 Å². The van der Waals surface area contributed by atoms with E-state index in [4.69, 9.17) is 0 Å². The normalized spacial score (nSPS) is 11.2. The van der Waals surface area contributed by atoms with Gasteiger partial charge in [-0.15, -0.1) is 0 Å². The van der Waals surface area contributed by atoms with Crippen molar-refractivity contribution >= 4 is 11.0 Å². The fourth-order valence-corrected chi connectivity index (χ4v) is 3.14. The molecule has 0 fully saturated rings. The third-order valence-corrected chi connectivity index (χ3v) is 4.62. The van der Waals surface area contributed by atoms with Crippen molar-refractivity contribution in [2.45, 2.75) is 19.8 Å². The van der Waals surface area contributed by atoms with Gasteiger partial charge in [-0.05, 0) is 42.5 Å². The molecule has 0 aliphatic rings. The minimum absolute atomic E-state index is 0.987. The standard InChI is InChI=1S/C20H20N4/c1-14-12-22-23-18(14)11-8-15-6-9-16(10-7-15)17-4-3-5-19-20(17)21-13-24(19)2/h3-7,9-10,12-13H,8,11H2,1-2H3,(H,22,23). The molecule has 2 aromatic heterocycles. The minimum Gasteiger partial charge on any atom is -0.334 e. The number of para-hydroxylation sites is 1. The third-order valence-electron chi connectivity index (χ3n) is 4.62. The molecule has 0 bridgehead atoms. The molecule has 2 aromatic carbocycles. The molecule has 0 aliphatic carbocycles. The largest absolute Gasteiger partial charge is 0.334 e. The first-order valence-electron chi connectivity index (χ1n) is 8.20. The summed E-state index contributed by atoms with van der Waals surface area (Å²) in [5.41, 5.74) is 8.39. The van der Waals surface area contributed by atoms with Crippen molar-refractivity contribution in [3.63, 3.8) is 0 Å². The van der Waals surface area contributed by atoms with E-state index in [1.165, 1.54) is 27.9 Å². The molecule has 120 valence electrons. The molecule has 0 saturated carbocycles. The van der Waals surface area contributed by atoms with Gasteiger partial charge in [-0.1, -0.05) is 36.4 Å². The van der Waals surface area contributed by atoms with Crippen LogP contribution in [-0.4, -0.2) is 19.7 Å². The van der Waals surface area contributed by atoms with Gasteiger partial charge < -0.3 is 4.57 Å².